The van der Waals surface area contributed by atoms with Crippen LogP contribution in [-0.2, 0) is 0 Å². The largest absolute Gasteiger partial charge is 0.397 e. The van der Waals surface area contributed by atoms with Gasteiger partial charge in [-0.15, -0.1) is 11.3 Å². The van der Waals surface area contributed by atoms with Crippen molar-refractivity contribution in [2.45, 2.75) is 0 Å². The van der Waals surface area contributed by atoms with Crippen LogP contribution in [0.5, 0.6) is 0 Å². The minimum absolute atomic E-state index is 0.243. The van der Waals surface area contributed by atoms with E-state index in [0.717, 1.165) is 21.5 Å². The zero-order chi connectivity index (χ0) is 17.2. The summed E-state index contributed by atoms with van der Waals surface area (Å²) in [6, 6.07) is 17.2. The number of nitrogens with one attached hydrogen (secondary N) is 1. The molecular formula is C19H14N4OS. The van der Waals surface area contributed by atoms with Crippen molar-refractivity contribution in [2.75, 3.05) is 11.1 Å². The van der Waals surface area contributed by atoms with Gasteiger partial charge in [-0.3, -0.25) is 9.78 Å². The maximum absolute atomic E-state index is 12.5. The molecule has 0 unspecified atom stereocenters. The predicted molar refractivity (Wildman–Crippen MR) is 102 cm³/mol. The topological polar surface area (TPSA) is 80.9 Å². The molecule has 0 saturated carbocycles. The summed E-state index contributed by atoms with van der Waals surface area (Å²) >= 11 is 1.30. The van der Waals surface area contributed by atoms with Crippen molar-refractivity contribution in [2.24, 2.45) is 0 Å². The summed E-state index contributed by atoms with van der Waals surface area (Å²) in [5.41, 5.74) is 9.20. The Morgan fingerprint density at radius 3 is 2.52 bits per heavy atom. The molecule has 0 aliphatic rings. The summed E-state index contributed by atoms with van der Waals surface area (Å²) in [4.78, 5) is 22.3. The van der Waals surface area contributed by atoms with Gasteiger partial charge in [-0.2, -0.15) is 0 Å². The molecular weight excluding hydrogens is 332 g/mol. The summed E-state index contributed by atoms with van der Waals surface area (Å²) in [5, 5.41) is 3.63. The van der Waals surface area contributed by atoms with Crippen molar-refractivity contribution in [3.63, 3.8) is 0 Å². The Balaban J connectivity index is 1.71. The maximum Gasteiger partial charge on any atom is 0.267 e. The zero-order valence-corrected chi connectivity index (χ0v) is 14.0. The molecule has 0 atom stereocenters. The van der Waals surface area contributed by atoms with Crippen molar-refractivity contribution in [3.05, 3.63) is 71.9 Å². The first-order valence-corrected chi connectivity index (χ1v) is 8.50. The fourth-order valence-electron chi connectivity index (χ4n) is 2.56. The Hall–Kier alpha value is -3.25. The lowest BCUT2D eigenvalue weighted by Crippen LogP contribution is -2.11. The molecule has 0 fully saturated rings. The lowest BCUT2D eigenvalue weighted by molar-refractivity contribution is 0.103. The maximum atomic E-state index is 12.5. The minimum Gasteiger partial charge on any atom is -0.397 e. The minimum atomic E-state index is -0.243. The zero-order valence-electron chi connectivity index (χ0n) is 13.1. The van der Waals surface area contributed by atoms with Crippen molar-refractivity contribution >= 4 is 38.8 Å². The molecule has 1 aromatic carbocycles. The van der Waals surface area contributed by atoms with E-state index in [1.165, 1.54) is 11.3 Å². The van der Waals surface area contributed by atoms with Crippen LogP contribution in [0.1, 0.15) is 9.67 Å². The van der Waals surface area contributed by atoms with Gasteiger partial charge in [0.05, 0.1) is 11.4 Å². The number of hydrogen-bond acceptors (Lipinski definition) is 5. The predicted octanol–water partition coefficient (Wildman–Crippen LogP) is 4.19. The van der Waals surface area contributed by atoms with E-state index in [0.29, 0.717) is 16.3 Å². The van der Waals surface area contributed by atoms with Gasteiger partial charge in [-0.05, 0) is 24.3 Å². The van der Waals surface area contributed by atoms with Gasteiger partial charge in [0.1, 0.15) is 9.71 Å². The van der Waals surface area contributed by atoms with E-state index in [4.69, 9.17) is 5.73 Å². The SMILES string of the molecule is Nc1c(C(=O)Nc2ccncc2)sc2nc(-c3ccccc3)ccc12. The number of carbonyl (C=O) groups is 1. The standard InChI is InChI=1S/C19H14N4OS/c20-16-14-6-7-15(12-4-2-1-3-5-12)23-19(14)25-17(16)18(24)22-13-8-10-21-11-9-13/h1-11H,20H2,(H,21,22,24). The molecule has 3 heterocycles. The molecule has 1 amide bonds. The Morgan fingerprint density at radius 1 is 1.00 bits per heavy atom. The van der Waals surface area contributed by atoms with Crippen molar-refractivity contribution in [1.29, 1.82) is 0 Å². The molecule has 122 valence electrons. The number of benzene rings is 1. The normalized spacial score (nSPS) is 10.7. The van der Waals surface area contributed by atoms with E-state index >= 15 is 0 Å². The molecule has 0 aliphatic carbocycles. The van der Waals surface area contributed by atoms with Gasteiger partial charge >= 0.3 is 0 Å². The quantitative estimate of drug-likeness (QED) is 0.583. The molecule has 25 heavy (non-hydrogen) atoms. The molecule has 0 saturated heterocycles. The second-order valence-electron chi connectivity index (χ2n) is 5.45. The second-order valence-corrected chi connectivity index (χ2v) is 6.45. The number of thiophene rings is 1. The van der Waals surface area contributed by atoms with E-state index in [9.17, 15) is 4.79 Å². The number of nitrogens with zero attached hydrogens (tertiary/aromatic N) is 2. The van der Waals surface area contributed by atoms with Gasteiger partial charge in [-0.25, -0.2) is 4.98 Å². The molecule has 0 spiro atoms. The molecule has 0 radical (unpaired) electrons. The van der Waals surface area contributed by atoms with Crippen molar-refractivity contribution < 1.29 is 4.79 Å². The number of rotatable bonds is 3. The lowest BCUT2D eigenvalue weighted by atomic mass is 10.1. The average molecular weight is 346 g/mol. The van der Waals surface area contributed by atoms with Gasteiger partial charge in [0.15, 0.2) is 0 Å². The van der Waals surface area contributed by atoms with Crippen molar-refractivity contribution in [1.82, 2.24) is 9.97 Å². The summed E-state index contributed by atoms with van der Waals surface area (Å²) < 4.78 is 0. The van der Waals surface area contributed by atoms with Gasteiger partial charge in [0, 0.05) is 29.0 Å². The first kappa shape index (κ1) is 15.3. The number of nitrogen functional groups attached to an aromatic ring is 1. The highest BCUT2D eigenvalue weighted by molar-refractivity contribution is 7.21. The second kappa shape index (κ2) is 6.33. The Bertz CT molecular complexity index is 1050. The number of carbonyl (C=O) groups excluding carboxylic acids is 1. The van der Waals surface area contributed by atoms with Crippen LogP contribution in [0.25, 0.3) is 21.5 Å². The van der Waals surface area contributed by atoms with E-state index in [2.05, 4.69) is 15.3 Å². The van der Waals surface area contributed by atoms with Gasteiger partial charge in [-0.1, -0.05) is 30.3 Å². The molecule has 0 aliphatic heterocycles. The third-order valence-electron chi connectivity index (χ3n) is 3.81. The number of amides is 1. The van der Waals surface area contributed by atoms with E-state index in [-0.39, 0.29) is 5.91 Å². The Kier molecular flexibility index (Phi) is 3.87. The smallest absolute Gasteiger partial charge is 0.267 e. The van der Waals surface area contributed by atoms with Crippen LogP contribution in [-0.4, -0.2) is 15.9 Å². The fourth-order valence-corrected chi connectivity index (χ4v) is 3.55. The highest BCUT2D eigenvalue weighted by atomic mass is 32.1. The first-order chi connectivity index (χ1) is 12.2. The van der Waals surface area contributed by atoms with Gasteiger partial charge in [0.2, 0.25) is 0 Å². The summed E-state index contributed by atoms with van der Waals surface area (Å²) in [6.45, 7) is 0. The third-order valence-corrected chi connectivity index (χ3v) is 4.92. The van der Waals surface area contributed by atoms with E-state index in [1.54, 1.807) is 24.5 Å². The van der Waals surface area contributed by atoms with Crippen LogP contribution < -0.4 is 11.1 Å². The Labute approximate surface area is 148 Å². The molecule has 0 bridgehead atoms. The third kappa shape index (κ3) is 2.95. The number of hydrogen-bond donors (Lipinski definition) is 2. The van der Waals surface area contributed by atoms with Gasteiger partial charge in [0.25, 0.3) is 5.91 Å². The molecule has 4 rings (SSSR count). The summed E-state index contributed by atoms with van der Waals surface area (Å²) in [5.74, 6) is -0.243. The van der Waals surface area contributed by atoms with Crippen LogP contribution in [0.2, 0.25) is 0 Å². The molecule has 4 aromatic rings. The average Bonchev–Trinajstić information content (AvgIpc) is 2.99. The summed E-state index contributed by atoms with van der Waals surface area (Å²) in [7, 11) is 0. The first-order valence-electron chi connectivity index (χ1n) is 7.68. The van der Waals surface area contributed by atoms with Crippen LogP contribution in [0.3, 0.4) is 0 Å². The Morgan fingerprint density at radius 2 is 1.76 bits per heavy atom. The lowest BCUT2D eigenvalue weighted by Gasteiger charge is -2.03. The molecule has 3 aromatic heterocycles. The van der Waals surface area contributed by atoms with Gasteiger partial charge < -0.3 is 11.1 Å². The van der Waals surface area contributed by atoms with Crippen LogP contribution in [0.4, 0.5) is 11.4 Å². The number of fused-ring (bicyclic) bond motifs is 1. The number of anilines is 2. The van der Waals surface area contributed by atoms with E-state index < -0.39 is 0 Å². The number of aromatic nitrogens is 2. The highest BCUT2D eigenvalue weighted by Crippen LogP contribution is 2.34. The monoisotopic (exact) mass is 346 g/mol. The van der Waals surface area contributed by atoms with Crippen LogP contribution >= 0.6 is 11.3 Å². The summed E-state index contributed by atoms with van der Waals surface area (Å²) in [6.07, 6.45) is 3.25. The number of nitrogens with two attached hydrogens (primary N) is 1. The molecule has 6 heteroatoms. The molecule has 3 N–H and O–H groups in total. The molecule has 5 nitrogen and oxygen atoms in total. The van der Waals surface area contributed by atoms with Crippen LogP contribution in [0.15, 0.2) is 67.0 Å². The fraction of sp³-hybridized carbons (Fsp3) is 0. The highest BCUT2D eigenvalue weighted by Gasteiger charge is 2.18. The van der Waals surface area contributed by atoms with E-state index in [1.807, 2.05) is 42.5 Å². The van der Waals surface area contributed by atoms with Crippen molar-refractivity contribution in [3.8, 4) is 11.3 Å². The number of pyridine rings is 2. The van der Waals surface area contributed by atoms with Crippen LogP contribution in [0, 0.1) is 0 Å².